The summed E-state index contributed by atoms with van der Waals surface area (Å²) in [5.74, 6) is 0.236. The molecule has 6 rings (SSSR count). The molecule has 1 aliphatic heterocycles. The average molecular weight is 557 g/mol. The molecule has 0 unspecified atom stereocenters. The van der Waals surface area contributed by atoms with Crippen molar-refractivity contribution in [3.05, 3.63) is 60.0 Å². The van der Waals surface area contributed by atoms with Crippen molar-refractivity contribution in [1.82, 2.24) is 19.7 Å². The van der Waals surface area contributed by atoms with E-state index in [1.165, 1.54) is 0 Å². The number of hydrogen-bond acceptors (Lipinski definition) is 6. The Morgan fingerprint density at radius 2 is 1.71 bits per heavy atom. The Labute approximate surface area is 242 Å². The molecule has 2 aromatic heterocycles. The lowest BCUT2D eigenvalue weighted by Gasteiger charge is -2.37. The van der Waals surface area contributed by atoms with Crippen LogP contribution in [0.1, 0.15) is 87.7 Å². The summed E-state index contributed by atoms with van der Waals surface area (Å²) in [5, 5.41) is 5.14. The van der Waals surface area contributed by atoms with Crippen LogP contribution < -0.4 is 0 Å². The van der Waals surface area contributed by atoms with Crippen LogP contribution in [0.2, 0.25) is 0 Å². The monoisotopic (exact) mass is 556 g/mol. The van der Waals surface area contributed by atoms with Crippen molar-refractivity contribution in [1.29, 1.82) is 0 Å². The van der Waals surface area contributed by atoms with E-state index in [9.17, 15) is 9.59 Å². The maximum atomic E-state index is 12.4. The van der Waals surface area contributed by atoms with Gasteiger partial charge in [0.2, 0.25) is 0 Å². The Morgan fingerprint density at radius 1 is 0.927 bits per heavy atom. The number of benzene rings is 1. The molecule has 216 valence electrons. The van der Waals surface area contributed by atoms with Gasteiger partial charge in [-0.2, -0.15) is 5.10 Å². The van der Waals surface area contributed by atoms with Crippen LogP contribution in [0.3, 0.4) is 0 Å². The van der Waals surface area contributed by atoms with Crippen molar-refractivity contribution >= 4 is 11.9 Å². The van der Waals surface area contributed by atoms with Crippen LogP contribution in [0, 0.1) is 0 Å². The van der Waals surface area contributed by atoms with E-state index < -0.39 is 5.60 Å². The summed E-state index contributed by atoms with van der Waals surface area (Å²) in [4.78, 5) is 30.7. The second-order valence-electron chi connectivity index (χ2n) is 12.6. The molecule has 0 bridgehead atoms. The third-order valence-corrected chi connectivity index (χ3v) is 8.47. The minimum atomic E-state index is -0.481. The predicted octanol–water partition coefficient (Wildman–Crippen LogP) is 6.64. The lowest BCUT2D eigenvalue weighted by Crippen LogP contribution is -2.44. The zero-order valence-electron chi connectivity index (χ0n) is 24.3. The first kappa shape index (κ1) is 27.6. The summed E-state index contributed by atoms with van der Waals surface area (Å²) in [7, 11) is 0. The van der Waals surface area contributed by atoms with E-state index >= 15 is 0 Å². The summed E-state index contributed by atoms with van der Waals surface area (Å²) < 4.78 is 14.3. The van der Waals surface area contributed by atoms with Crippen LogP contribution in [0.15, 0.2) is 48.9 Å². The lowest BCUT2D eigenvalue weighted by molar-refractivity contribution is -0.0647. The fourth-order valence-electron chi connectivity index (χ4n) is 6.39. The molecule has 2 aliphatic carbocycles. The summed E-state index contributed by atoms with van der Waals surface area (Å²) >= 11 is 0. The number of fused-ring (bicyclic) bond motifs is 1. The van der Waals surface area contributed by atoms with Gasteiger partial charge in [0.25, 0.3) is 0 Å². The van der Waals surface area contributed by atoms with Gasteiger partial charge >= 0.3 is 6.09 Å². The topological polar surface area (TPSA) is 86.5 Å². The van der Waals surface area contributed by atoms with Crippen molar-refractivity contribution in [2.24, 2.45) is 0 Å². The van der Waals surface area contributed by atoms with Gasteiger partial charge in [0.1, 0.15) is 11.3 Å². The highest BCUT2D eigenvalue weighted by Crippen LogP contribution is 2.38. The number of Topliss-reactive ketones (excluding diaryl/α,β-unsaturated/α-hetero) is 1. The molecular formula is C33H40N4O4. The molecule has 8 heteroatoms. The van der Waals surface area contributed by atoms with Gasteiger partial charge in [-0.05, 0) is 89.0 Å². The molecule has 1 saturated heterocycles. The highest BCUT2D eigenvalue weighted by molar-refractivity contribution is 6.01. The lowest BCUT2D eigenvalue weighted by atomic mass is 9.92. The van der Waals surface area contributed by atoms with Gasteiger partial charge in [0.15, 0.2) is 5.78 Å². The maximum absolute atomic E-state index is 12.4. The number of carbonyl (C=O) groups is 2. The zero-order chi connectivity index (χ0) is 28.6. The molecule has 3 heterocycles. The standard InChI is InChI=1S/C33H40N4O4/c1-33(2,3)41-32(39)36-17-13-26(14-18-36)40-27-6-4-5-25(20-27)37-21-29(31(35-37)22-11-15-34-16-12-22)24-7-9-28-23(19-24)8-10-30(28)38/h7,9,11-12,15-16,19,21,25-27H,4-6,8,10,13-14,17-18,20H2,1-3H3/t25-,27+/m1/s1. The molecule has 0 N–H and O–H groups in total. The number of pyridine rings is 1. The molecule has 1 aromatic carbocycles. The Hall–Kier alpha value is -3.52. The minimum Gasteiger partial charge on any atom is -0.444 e. The Kier molecular flexibility index (Phi) is 7.68. The van der Waals surface area contributed by atoms with Gasteiger partial charge in [0, 0.05) is 54.8 Å². The smallest absolute Gasteiger partial charge is 0.410 e. The molecule has 1 saturated carbocycles. The first-order valence-electron chi connectivity index (χ1n) is 15.0. The van der Waals surface area contributed by atoms with Crippen LogP contribution in [0.25, 0.3) is 22.4 Å². The van der Waals surface area contributed by atoms with E-state index in [-0.39, 0.29) is 30.1 Å². The third-order valence-electron chi connectivity index (χ3n) is 8.47. The Balaban J connectivity index is 1.16. The van der Waals surface area contributed by atoms with Crippen LogP contribution in [0.4, 0.5) is 4.79 Å². The predicted molar refractivity (Wildman–Crippen MR) is 157 cm³/mol. The van der Waals surface area contributed by atoms with Crippen molar-refractivity contribution in [2.75, 3.05) is 13.1 Å². The number of hydrogen-bond donors (Lipinski definition) is 0. The number of carbonyl (C=O) groups excluding carboxylic acids is 2. The first-order chi connectivity index (χ1) is 19.7. The molecule has 41 heavy (non-hydrogen) atoms. The van der Waals surface area contributed by atoms with E-state index in [2.05, 4.69) is 28.0 Å². The number of nitrogens with zero attached hydrogens (tertiary/aromatic N) is 4. The van der Waals surface area contributed by atoms with E-state index in [0.29, 0.717) is 19.5 Å². The number of aryl methyl sites for hydroxylation is 1. The van der Waals surface area contributed by atoms with E-state index in [1.54, 1.807) is 17.3 Å². The largest absolute Gasteiger partial charge is 0.444 e. The molecular weight excluding hydrogens is 516 g/mol. The number of ketones is 1. The second kappa shape index (κ2) is 11.4. The number of ether oxygens (including phenoxy) is 2. The summed E-state index contributed by atoms with van der Waals surface area (Å²) in [6.07, 6.45) is 13.1. The molecule has 1 amide bonds. The quantitative estimate of drug-likeness (QED) is 0.350. The molecule has 0 radical (unpaired) electrons. The molecule has 8 nitrogen and oxygen atoms in total. The fraction of sp³-hybridized carbons (Fsp3) is 0.515. The minimum absolute atomic E-state index is 0.159. The van der Waals surface area contributed by atoms with Gasteiger partial charge in [-0.1, -0.05) is 18.2 Å². The number of likely N-dealkylation sites (tertiary alicyclic amines) is 1. The summed E-state index contributed by atoms with van der Waals surface area (Å²) in [6, 6.07) is 10.5. The number of aromatic nitrogens is 3. The van der Waals surface area contributed by atoms with E-state index in [4.69, 9.17) is 14.6 Å². The molecule has 3 aromatic rings. The van der Waals surface area contributed by atoms with Crippen molar-refractivity contribution in [3.63, 3.8) is 0 Å². The van der Waals surface area contributed by atoms with E-state index in [0.717, 1.165) is 78.5 Å². The molecule has 2 atom stereocenters. The SMILES string of the molecule is CC(C)(C)OC(=O)N1CCC(O[C@H]2CCC[C@@H](n3cc(-c4ccc5c(c4)CCC5=O)c(-c4ccncc4)n3)C2)CC1. The number of amides is 1. The van der Waals surface area contributed by atoms with Crippen molar-refractivity contribution in [2.45, 2.75) is 96.0 Å². The van der Waals surface area contributed by atoms with Crippen molar-refractivity contribution < 1.29 is 19.1 Å². The van der Waals surface area contributed by atoms with Crippen LogP contribution >= 0.6 is 0 Å². The van der Waals surface area contributed by atoms with E-state index in [1.807, 2.05) is 39.0 Å². The Morgan fingerprint density at radius 3 is 2.46 bits per heavy atom. The summed E-state index contributed by atoms with van der Waals surface area (Å²) in [6.45, 7) is 7.03. The van der Waals surface area contributed by atoms with Gasteiger partial charge in [-0.3, -0.25) is 14.5 Å². The molecule has 2 fully saturated rings. The van der Waals surface area contributed by atoms with Crippen LogP contribution in [-0.2, 0) is 15.9 Å². The maximum Gasteiger partial charge on any atom is 0.410 e. The Bertz CT molecular complexity index is 1400. The number of piperidine rings is 1. The second-order valence-corrected chi connectivity index (χ2v) is 12.6. The molecule has 3 aliphatic rings. The van der Waals surface area contributed by atoms with Crippen LogP contribution in [-0.4, -0.2) is 62.4 Å². The van der Waals surface area contributed by atoms with Crippen molar-refractivity contribution in [3.8, 4) is 22.4 Å². The average Bonchev–Trinajstić information content (AvgIpc) is 3.57. The fourth-order valence-corrected chi connectivity index (χ4v) is 6.39. The third kappa shape index (κ3) is 6.22. The summed E-state index contributed by atoms with van der Waals surface area (Å²) in [5.41, 5.74) is 5.65. The highest BCUT2D eigenvalue weighted by atomic mass is 16.6. The molecule has 0 spiro atoms. The van der Waals surface area contributed by atoms with Crippen LogP contribution in [0.5, 0.6) is 0 Å². The normalized spacial score (nSPS) is 21.6. The van der Waals surface area contributed by atoms with Gasteiger partial charge in [-0.25, -0.2) is 4.79 Å². The zero-order valence-corrected chi connectivity index (χ0v) is 24.3. The number of rotatable bonds is 5. The van der Waals surface area contributed by atoms with Gasteiger partial charge in [0.05, 0.1) is 18.2 Å². The highest BCUT2D eigenvalue weighted by Gasteiger charge is 2.32. The first-order valence-corrected chi connectivity index (χ1v) is 15.0. The van der Waals surface area contributed by atoms with Gasteiger partial charge in [-0.15, -0.1) is 0 Å². The van der Waals surface area contributed by atoms with Gasteiger partial charge < -0.3 is 14.4 Å².